The number of piperidine rings is 1. The lowest BCUT2D eigenvalue weighted by Gasteiger charge is -2.37. The number of rotatable bonds is 5. The van der Waals surface area contributed by atoms with E-state index in [-0.39, 0.29) is 12.0 Å². The van der Waals surface area contributed by atoms with Gasteiger partial charge in [-0.15, -0.1) is 0 Å². The second-order valence-corrected chi connectivity index (χ2v) is 4.72. The first-order valence-electron chi connectivity index (χ1n) is 6.14. The minimum Gasteiger partial charge on any atom is -0.480 e. The van der Waals surface area contributed by atoms with Crippen molar-refractivity contribution in [3.63, 3.8) is 0 Å². The fraction of sp³-hybridized carbons (Fsp3) is 0.917. The largest absolute Gasteiger partial charge is 0.480 e. The molecule has 1 unspecified atom stereocenters. The number of likely N-dealkylation sites (tertiary alicyclic amines) is 1. The molecule has 0 radical (unpaired) electrons. The number of aliphatic carboxylic acids is 1. The van der Waals surface area contributed by atoms with Gasteiger partial charge in [0.25, 0.3) is 0 Å². The molecular formula is C12H23NO3. The zero-order valence-corrected chi connectivity index (χ0v) is 10.5. The third-order valence-corrected chi connectivity index (χ3v) is 3.16. The Morgan fingerprint density at radius 3 is 2.38 bits per heavy atom. The third kappa shape index (κ3) is 3.46. The summed E-state index contributed by atoms with van der Waals surface area (Å²) in [6.07, 6.45) is 2.22. The normalized spacial score (nSPS) is 21.2. The quantitative estimate of drug-likeness (QED) is 0.778. The van der Waals surface area contributed by atoms with Gasteiger partial charge in [-0.3, -0.25) is 9.69 Å². The number of carboxylic acid groups (broad SMARTS) is 1. The Morgan fingerprint density at radius 2 is 2.00 bits per heavy atom. The smallest absolute Gasteiger partial charge is 0.321 e. The molecule has 1 N–H and O–H groups in total. The molecule has 1 atom stereocenters. The number of ether oxygens (including phenoxy) is 1. The highest BCUT2D eigenvalue weighted by molar-refractivity contribution is 5.73. The van der Waals surface area contributed by atoms with Crippen LogP contribution >= 0.6 is 0 Å². The van der Waals surface area contributed by atoms with E-state index in [4.69, 9.17) is 4.74 Å². The molecule has 1 rings (SSSR count). The number of hydrogen-bond donors (Lipinski definition) is 1. The molecule has 1 fully saturated rings. The number of carbonyl (C=O) groups is 1. The maximum atomic E-state index is 11.2. The Balaban J connectivity index is 2.47. The highest BCUT2D eigenvalue weighted by atomic mass is 16.5. The Labute approximate surface area is 97.6 Å². The second kappa shape index (κ2) is 6.21. The van der Waals surface area contributed by atoms with Crippen molar-refractivity contribution in [1.82, 2.24) is 4.90 Å². The van der Waals surface area contributed by atoms with Crippen molar-refractivity contribution < 1.29 is 14.6 Å². The standard InChI is InChI=1S/C12H23NO3/c1-4-16-10-5-7-13(8-6-10)11(9(2)3)12(14)15/h9-11H,4-8H2,1-3H3,(H,14,15). The zero-order chi connectivity index (χ0) is 12.1. The highest BCUT2D eigenvalue weighted by Gasteiger charge is 2.31. The molecule has 0 aromatic heterocycles. The number of carboxylic acids is 1. The van der Waals surface area contributed by atoms with Crippen molar-refractivity contribution in [1.29, 1.82) is 0 Å². The van der Waals surface area contributed by atoms with Gasteiger partial charge in [0, 0.05) is 19.7 Å². The Bertz CT molecular complexity index is 222. The van der Waals surface area contributed by atoms with Crippen LogP contribution in [0.15, 0.2) is 0 Å². The molecule has 1 aliphatic heterocycles. The lowest BCUT2D eigenvalue weighted by atomic mass is 9.98. The summed E-state index contributed by atoms with van der Waals surface area (Å²) in [6.45, 7) is 8.35. The predicted octanol–water partition coefficient (Wildman–Crippen LogP) is 1.60. The summed E-state index contributed by atoms with van der Waals surface area (Å²) in [5, 5.41) is 9.19. The molecule has 4 nitrogen and oxygen atoms in total. The number of nitrogens with zero attached hydrogens (tertiary/aromatic N) is 1. The number of hydrogen-bond acceptors (Lipinski definition) is 3. The van der Waals surface area contributed by atoms with E-state index < -0.39 is 5.97 Å². The van der Waals surface area contributed by atoms with Crippen LogP contribution < -0.4 is 0 Å². The molecule has 0 spiro atoms. The Hall–Kier alpha value is -0.610. The summed E-state index contributed by atoms with van der Waals surface area (Å²) >= 11 is 0. The molecule has 1 aliphatic rings. The van der Waals surface area contributed by atoms with Crippen molar-refractivity contribution >= 4 is 5.97 Å². The van der Waals surface area contributed by atoms with Crippen LogP contribution in [0.5, 0.6) is 0 Å². The molecule has 16 heavy (non-hydrogen) atoms. The van der Waals surface area contributed by atoms with Crippen LogP contribution in [0.1, 0.15) is 33.6 Å². The molecule has 0 amide bonds. The van der Waals surface area contributed by atoms with Gasteiger partial charge in [0.05, 0.1) is 6.10 Å². The minimum atomic E-state index is -0.704. The fourth-order valence-electron chi connectivity index (χ4n) is 2.42. The maximum Gasteiger partial charge on any atom is 0.321 e. The van der Waals surface area contributed by atoms with Crippen molar-refractivity contribution in [2.75, 3.05) is 19.7 Å². The first kappa shape index (κ1) is 13.5. The molecular weight excluding hydrogens is 206 g/mol. The first-order valence-corrected chi connectivity index (χ1v) is 6.14. The molecule has 4 heteroatoms. The molecule has 0 aliphatic carbocycles. The van der Waals surface area contributed by atoms with Gasteiger partial charge < -0.3 is 9.84 Å². The second-order valence-electron chi connectivity index (χ2n) is 4.72. The van der Waals surface area contributed by atoms with Gasteiger partial charge in [0.1, 0.15) is 6.04 Å². The van der Waals surface area contributed by atoms with Crippen LogP contribution in [0.25, 0.3) is 0 Å². The molecule has 1 heterocycles. The average Bonchev–Trinajstić information content (AvgIpc) is 2.20. The lowest BCUT2D eigenvalue weighted by molar-refractivity contribution is -0.146. The Kier molecular flexibility index (Phi) is 5.22. The lowest BCUT2D eigenvalue weighted by Crippen LogP contribution is -2.49. The van der Waals surface area contributed by atoms with Crippen molar-refractivity contribution in [3.05, 3.63) is 0 Å². The summed E-state index contributed by atoms with van der Waals surface area (Å²) in [4.78, 5) is 13.2. The van der Waals surface area contributed by atoms with E-state index in [1.807, 2.05) is 20.8 Å². The summed E-state index contributed by atoms with van der Waals surface area (Å²) in [6, 6.07) is -0.345. The summed E-state index contributed by atoms with van der Waals surface area (Å²) in [5.74, 6) is -0.550. The third-order valence-electron chi connectivity index (χ3n) is 3.16. The van der Waals surface area contributed by atoms with Crippen LogP contribution in [0.3, 0.4) is 0 Å². The van der Waals surface area contributed by atoms with Crippen LogP contribution in [0.2, 0.25) is 0 Å². The van der Waals surface area contributed by atoms with Gasteiger partial charge in [-0.1, -0.05) is 13.8 Å². The monoisotopic (exact) mass is 229 g/mol. The average molecular weight is 229 g/mol. The van der Waals surface area contributed by atoms with Crippen LogP contribution in [0.4, 0.5) is 0 Å². The van der Waals surface area contributed by atoms with Crippen molar-refractivity contribution in [2.45, 2.75) is 45.8 Å². The van der Waals surface area contributed by atoms with Gasteiger partial charge in [0.2, 0.25) is 0 Å². The molecule has 0 saturated carbocycles. The van der Waals surface area contributed by atoms with Gasteiger partial charge in [-0.25, -0.2) is 0 Å². The van der Waals surface area contributed by atoms with Crippen molar-refractivity contribution in [3.8, 4) is 0 Å². The zero-order valence-electron chi connectivity index (χ0n) is 10.5. The SMILES string of the molecule is CCOC1CCN(C(C(=O)O)C(C)C)CC1. The van der Waals surface area contributed by atoms with E-state index in [0.29, 0.717) is 6.10 Å². The highest BCUT2D eigenvalue weighted by Crippen LogP contribution is 2.19. The van der Waals surface area contributed by atoms with E-state index in [2.05, 4.69) is 4.90 Å². The Morgan fingerprint density at radius 1 is 1.44 bits per heavy atom. The molecule has 0 bridgehead atoms. The van der Waals surface area contributed by atoms with Crippen LogP contribution in [-0.2, 0) is 9.53 Å². The first-order chi connectivity index (χ1) is 7.56. The molecule has 94 valence electrons. The van der Waals surface area contributed by atoms with Gasteiger partial charge in [-0.05, 0) is 25.7 Å². The summed E-state index contributed by atoms with van der Waals surface area (Å²) in [5.41, 5.74) is 0. The van der Waals surface area contributed by atoms with Gasteiger partial charge >= 0.3 is 5.97 Å². The maximum absolute atomic E-state index is 11.2. The van der Waals surface area contributed by atoms with Crippen LogP contribution in [-0.4, -0.2) is 47.8 Å². The molecule has 1 saturated heterocycles. The van der Waals surface area contributed by atoms with Gasteiger partial charge in [-0.2, -0.15) is 0 Å². The van der Waals surface area contributed by atoms with E-state index >= 15 is 0 Å². The predicted molar refractivity (Wildman–Crippen MR) is 62.5 cm³/mol. The summed E-state index contributed by atoms with van der Waals surface area (Å²) < 4.78 is 5.56. The van der Waals surface area contributed by atoms with E-state index in [9.17, 15) is 9.90 Å². The minimum absolute atomic E-state index is 0.154. The van der Waals surface area contributed by atoms with Crippen molar-refractivity contribution in [2.24, 2.45) is 5.92 Å². The van der Waals surface area contributed by atoms with E-state index in [1.54, 1.807) is 0 Å². The van der Waals surface area contributed by atoms with E-state index in [1.165, 1.54) is 0 Å². The van der Waals surface area contributed by atoms with Crippen LogP contribution in [0, 0.1) is 5.92 Å². The van der Waals surface area contributed by atoms with E-state index in [0.717, 1.165) is 32.5 Å². The molecule has 0 aromatic rings. The topological polar surface area (TPSA) is 49.8 Å². The van der Waals surface area contributed by atoms with Gasteiger partial charge in [0.15, 0.2) is 0 Å². The fourth-order valence-corrected chi connectivity index (χ4v) is 2.42. The summed E-state index contributed by atoms with van der Waals surface area (Å²) in [7, 11) is 0. The molecule has 0 aromatic carbocycles.